The second-order valence-corrected chi connectivity index (χ2v) is 24.4. The summed E-state index contributed by atoms with van der Waals surface area (Å²) in [5, 5.41) is 128. The van der Waals surface area contributed by atoms with Crippen molar-refractivity contribution < 1.29 is 104 Å². The van der Waals surface area contributed by atoms with Gasteiger partial charge in [-0.2, -0.15) is 0 Å². The Labute approximate surface area is 420 Å². The summed E-state index contributed by atoms with van der Waals surface area (Å²) < 4.78 is 40.8. The molecule has 0 aromatic rings. The molecule has 8 aliphatic rings. The minimum absolute atomic E-state index is 0.102. The maximum absolute atomic E-state index is 15.4. The highest BCUT2D eigenvalue weighted by Gasteiger charge is 2.71. The standard InChI is InChI=1S/C51H82O21/c1-23(54)21-67-44(64)50(7)30-10-13-49(6)29(47(30,4)12-11-31(50)55)9-8-24-25-18-46(2,3)14-16-51(25,17-15-48(24,49)5)45(65)72-43-39(63)40(71-42-38(62)36(60)33(57)27(20-53)69-42)34(58)28(70-43)22-66-41-37(61)35(59)32(56)26(19-52)68-41/h8,23,25-43,52-63H,9-22H2,1-7H3. The fourth-order valence-corrected chi connectivity index (χ4v) is 15.2. The van der Waals surface area contributed by atoms with Gasteiger partial charge in [0, 0.05) is 0 Å². The van der Waals surface area contributed by atoms with Crippen LogP contribution in [0.3, 0.4) is 0 Å². The highest BCUT2D eigenvalue weighted by molar-refractivity contribution is 5.79. The predicted molar refractivity (Wildman–Crippen MR) is 247 cm³/mol. The number of carbonyl (C=O) groups is 2. The van der Waals surface area contributed by atoms with Crippen LogP contribution in [0.2, 0.25) is 0 Å². The maximum Gasteiger partial charge on any atom is 0.315 e. The summed E-state index contributed by atoms with van der Waals surface area (Å²) in [5.74, 6) is -1.58. The Kier molecular flexibility index (Phi) is 15.9. The van der Waals surface area contributed by atoms with Gasteiger partial charge in [0.15, 0.2) is 12.6 Å². The van der Waals surface area contributed by atoms with Crippen molar-refractivity contribution in [2.24, 2.45) is 50.2 Å². The molecule has 21 heteroatoms. The van der Waals surface area contributed by atoms with E-state index in [4.69, 9.17) is 33.2 Å². The first-order chi connectivity index (χ1) is 33.6. The van der Waals surface area contributed by atoms with Crippen molar-refractivity contribution in [2.45, 2.75) is 217 Å². The Balaban J connectivity index is 1.09. The minimum atomic E-state index is -1.99. The molecule has 0 aromatic carbocycles. The van der Waals surface area contributed by atoms with Gasteiger partial charge in [-0.25, -0.2) is 0 Å². The monoisotopic (exact) mass is 1030 g/mol. The lowest BCUT2D eigenvalue weighted by molar-refractivity contribution is -0.363. The van der Waals surface area contributed by atoms with Crippen LogP contribution in [0, 0.1) is 50.2 Å². The van der Waals surface area contributed by atoms with Crippen molar-refractivity contribution in [3.63, 3.8) is 0 Å². The van der Waals surface area contributed by atoms with E-state index in [-0.39, 0.29) is 40.6 Å². The van der Waals surface area contributed by atoms with Crippen LogP contribution in [0.25, 0.3) is 0 Å². The molecule has 0 aromatic heterocycles. The van der Waals surface area contributed by atoms with Gasteiger partial charge >= 0.3 is 11.9 Å². The molecule has 3 aliphatic heterocycles. The molecular weight excluding hydrogens is 949 g/mol. The summed E-state index contributed by atoms with van der Waals surface area (Å²) >= 11 is 0. The van der Waals surface area contributed by atoms with Crippen LogP contribution >= 0.6 is 0 Å². The number of carbonyl (C=O) groups excluding carboxylic acids is 2. The Morgan fingerprint density at radius 3 is 1.89 bits per heavy atom. The number of hydrogen-bond acceptors (Lipinski definition) is 21. The fraction of sp³-hybridized carbons (Fsp3) is 0.922. The van der Waals surface area contributed by atoms with E-state index in [2.05, 4.69) is 40.7 Å². The number of ether oxygens (including phenoxy) is 7. The molecule has 0 radical (unpaired) electrons. The Hall–Kier alpha value is -2.00. The molecule has 5 aliphatic carbocycles. The summed E-state index contributed by atoms with van der Waals surface area (Å²) in [6.07, 6.45) is -19.9. The van der Waals surface area contributed by atoms with Gasteiger partial charge in [0.2, 0.25) is 6.29 Å². The smallest absolute Gasteiger partial charge is 0.315 e. The molecule has 3 heterocycles. The van der Waals surface area contributed by atoms with Gasteiger partial charge in [-0.05, 0) is 117 Å². The lowest BCUT2D eigenvalue weighted by Crippen LogP contribution is -2.67. The number of aliphatic hydroxyl groups is 12. The summed E-state index contributed by atoms with van der Waals surface area (Å²) in [4.78, 5) is 29.3. The zero-order valence-electron chi connectivity index (χ0n) is 42.6. The highest BCUT2D eigenvalue weighted by Crippen LogP contribution is 2.76. The third-order valence-corrected chi connectivity index (χ3v) is 19.9. The molecule has 0 bridgehead atoms. The van der Waals surface area contributed by atoms with Crippen LogP contribution in [0.1, 0.15) is 113 Å². The molecule has 0 spiro atoms. The Bertz CT molecular complexity index is 1980. The van der Waals surface area contributed by atoms with Crippen molar-refractivity contribution in [3.05, 3.63) is 11.6 Å². The zero-order valence-corrected chi connectivity index (χ0v) is 42.6. The quantitative estimate of drug-likeness (QED) is 0.0828. The van der Waals surface area contributed by atoms with Crippen molar-refractivity contribution in [1.29, 1.82) is 0 Å². The first-order valence-corrected chi connectivity index (χ1v) is 26.0. The molecule has 8 rings (SSSR count). The van der Waals surface area contributed by atoms with Crippen LogP contribution < -0.4 is 0 Å². The molecule has 412 valence electrons. The van der Waals surface area contributed by atoms with Gasteiger partial charge in [-0.3, -0.25) is 9.59 Å². The fourth-order valence-electron chi connectivity index (χ4n) is 15.2. The number of allylic oxidation sites excluding steroid dienone is 2. The normalized spacial score (nSPS) is 51.5. The number of esters is 2. The SMILES string of the molecule is CC(O)COC(=O)C1(C)C(O)CCC2(C)C1CCC1(C)C2CC=C2C3CC(C)(C)CCC3(C(=O)OC3OC(COC4OC(CO)C(O)C(O)C4O)C(O)C(OC4OC(CO)C(O)C(O)C4O)C3O)CCC21C. The van der Waals surface area contributed by atoms with Gasteiger partial charge in [0.05, 0.1) is 42.9 Å². The summed E-state index contributed by atoms with van der Waals surface area (Å²) in [7, 11) is 0. The van der Waals surface area contributed by atoms with Gasteiger partial charge in [-0.15, -0.1) is 0 Å². The Morgan fingerprint density at radius 2 is 1.26 bits per heavy atom. The minimum Gasteiger partial charge on any atom is -0.462 e. The average molecular weight is 1030 g/mol. The molecule has 0 amide bonds. The third kappa shape index (κ3) is 9.11. The van der Waals surface area contributed by atoms with Crippen molar-refractivity contribution in [3.8, 4) is 0 Å². The second kappa shape index (κ2) is 20.4. The second-order valence-electron chi connectivity index (χ2n) is 24.4. The molecule has 7 fully saturated rings. The molecule has 3 saturated heterocycles. The number of rotatable bonds is 12. The van der Waals surface area contributed by atoms with E-state index in [1.165, 1.54) is 0 Å². The predicted octanol–water partition coefficient (Wildman–Crippen LogP) is -0.955. The first-order valence-electron chi connectivity index (χ1n) is 26.0. The molecule has 25 unspecified atom stereocenters. The summed E-state index contributed by atoms with van der Waals surface area (Å²) in [5.41, 5.74) is -2.40. The molecule has 72 heavy (non-hydrogen) atoms. The number of aliphatic hydroxyl groups excluding tert-OH is 12. The lowest BCUT2D eigenvalue weighted by Gasteiger charge is -2.71. The van der Waals surface area contributed by atoms with Crippen molar-refractivity contribution in [1.82, 2.24) is 0 Å². The maximum atomic E-state index is 15.4. The van der Waals surface area contributed by atoms with E-state index in [0.29, 0.717) is 57.8 Å². The lowest BCUT2D eigenvalue weighted by atomic mass is 9.33. The third-order valence-electron chi connectivity index (χ3n) is 19.9. The van der Waals surface area contributed by atoms with Gasteiger partial charge < -0.3 is 94.4 Å². The number of hydrogen-bond donors (Lipinski definition) is 12. The molecule has 4 saturated carbocycles. The van der Waals surface area contributed by atoms with Crippen LogP contribution in [0.15, 0.2) is 11.6 Å². The van der Waals surface area contributed by atoms with E-state index in [1.807, 2.05) is 6.92 Å². The molecule has 21 nitrogen and oxygen atoms in total. The van der Waals surface area contributed by atoms with E-state index in [0.717, 1.165) is 12.0 Å². The Morgan fingerprint density at radius 1 is 0.667 bits per heavy atom. The van der Waals surface area contributed by atoms with Crippen LogP contribution in [0.4, 0.5) is 0 Å². The summed E-state index contributed by atoms with van der Waals surface area (Å²) in [6.45, 7) is 12.2. The van der Waals surface area contributed by atoms with E-state index < -0.39 is 152 Å². The van der Waals surface area contributed by atoms with Crippen LogP contribution in [-0.4, -0.2) is 204 Å². The molecule has 25 atom stereocenters. The molecular formula is C51H82O21. The van der Waals surface area contributed by atoms with Crippen LogP contribution in [0.5, 0.6) is 0 Å². The molecule has 12 N–H and O–H groups in total. The summed E-state index contributed by atoms with van der Waals surface area (Å²) in [6, 6.07) is 0. The van der Waals surface area contributed by atoms with E-state index in [9.17, 15) is 66.1 Å². The average Bonchev–Trinajstić information content (AvgIpc) is 3.33. The van der Waals surface area contributed by atoms with Crippen molar-refractivity contribution >= 4 is 11.9 Å². The van der Waals surface area contributed by atoms with Gasteiger partial charge in [0.1, 0.15) is 79.9 Å². The van der Waals surface area contributed by atoms with E-state index >= 15 is 4.79 Å². The largest absolute Gasteiger partial charge is 0.462 e. The zero-order chi connectivity index (χ0) is 52.8. The van der Waals surface area contributed by atoms with E-state index in [1.54, 1.807) is 6.92 Å². The van der Waals surface area contributed by atoms with Crippen LogP contribution in [-0.2, 0) is 42.7 Å². The van der Waals surface area contributed by atoms with Gasteiger partial charge in [-0.1, -0.05) is 46.3 Å². The van der Waals surface area contributed by atoms with Crippen molar-refractivity contribution in [2.75, 3.05) is 26.4 Å². The first kappa shape index (κ1) is 56.2. The van der Waals surface area contributed by atoms with Gasteiger partial charge in [0.25, 0.3) is 0 Å². The highest BCUT2D eigenvalue weighted by atomic mass is 16.8. The number of fused-ring (bicyclic) bond motifs is 7. The topological polar surface area (TPSA) is 342 Å².